The SMILES string of the molecule is CC1(C)CCCC(C)(C)[N-]1.CC1(C)CCCC(C)(C)[N-]1.[Cl-].[Cl-].[Li+].[Li+].[Zn+2]. The van der Waals surface area contributed by atoms with E-state index >= 15 is 0 Å². The average molecular weight is 431 g/mol. The van der Waals surface area contributed by atoms with E-state index < -0.39 is 0 Å². The van der Waals surface area contributed by atoms with Gasteiger partial charge in [0, 0.05) is 0 Å². The quantitative estimate of drug-likeness (QED) is 0.343. The Bertz CT molecular complexity index is 279. The number of hydrogen-bond donors (Lipinski definition) is 0. The zero-order chi connectivity index (χ0) is 15.7. The predicted octanol–water partition coefficient (Wildman–Crippen LogP) is -5.78. The van der Waals surface area contributed by atoms with Crippen LogP contribution in [0.3, 0.4) is 0 Å². The van der Waals surface area contributed by atoms with Gasteiger partial charge in [-0.3, -0.25) is 0 Å². The molecule has 2 aliphatic rings. The van der Waals surface area contributed by atoms with Crippen molar-refractivity contribution < 1.29 is 82.0 Å². The van der Waals surface area contributed by atoms with Gasteiger partial charge in [0.05, 0.1) is 0 Å². The van der Waals surface area contributed by atoms with Crippen LogP contribution in [0.4, 0.5) is 0 Å². The molecule has 2 fully saturated rings. The van der Waals surface area contributed by atoms with Gasteiger partial charge in [0.1, 0.15) is 0 Å². The Labute approximate surface area is 207 Å². The number of piperidine rings is 2. The maximum absolute atomic E-state index is 4.75. The number of hydrogen-bond acceptors (Lipinski definition) is 0. The van der Waals surface area contributed by atoms with Gasteiger partial charge in [-0.25, -0.2) is 0 Å². The fourth-order valence-electron chi connectivity index (χ4n) is 3.77. The molecular weight excluding hydrogens is 394 g/mol. The molecule has 0 N–H and O–H groups in total. The second-order valence-corrected chi connectivity index (χ2v) is 9.18. The van der Waals surface area contributed by atoms with Crippen LogP contribution in [0.2, 0.25) is 0 Å². The summed E-state index contributed by atoms with van der Waals surface area (Å²) in [5.74, 6) is 0. The summed E-state index contributed by atoms with van der Waals surface area (Å²) in [6.07, 6.45) is 7.72. The van der Waals surface area contributed by atoms with E-state index in [1.54, 1.807) is 0 Å². The molecule has 0 unspecified atom stereocenters. The van der Waals surface area contributed by atoms with Gasteiger partial charge >= 0.3 is 57.2 Å². The van der Waals surface area contributed by atoms with Crippen molar-refractivity contribution in [2.45, 2.75) is 116 Å². The zero-order valence-electron chi connectivity index (χ0n) is 18.6. The Kier molecular flexibility index (Phi) is 21.8. The fraction of sp³-hybridized carbons (Fsp3) is 1.00. The van der Waals surface area contributed by atoms with Crippen LogP contribution in [-0.2, 0) is 19.5 Å². The molecule has 0 aliphatic carbocycles. The minimum absolute atomic E-state index is 0. The van der Waals surface area contributed by atoms with E-state index in [1.165, 1.54) is 38.5 Å². The molecule has 0 amide bonds. The predicted molar refractivity (Wildman–Crippen MR) is 90.7 cm³/mol. The maximum Gasteiger partial charge on any atom is 2.00 e. The monoisotopic (exact) mass is 428 g/mol. The van der Waals surface area contributed by atoms with Crippen LogP contribution in [0.1, 0.15) is 93.9 Å². The van der Waals surface area contributed by atoms with Gasteiger partial charge in [0.2, 0.25) is 0 Å². The summed E-state index contributed by atoms with van der Waals surface area (Å²) in [4.78, 5) is 0. The van der Waals surface area contributed by atoms with Crippen LogP contribution in [0.25, 0.3) is 10.6 Å². The molecule has 2 saturated heterocycles. The van der Waals surface area contributed by atoms with E-state index in [-0.39, 0.29) is 104 Å². The van der Waals surface area contributed by atoms with Crippen molar-refractivity contribution in [3.63, 3.8) is 0 Å². The molecule has 0 radical (unpaired) electrons. The van der Waals surface area contributed by atoms with Crippen LogP contribution in [0.15, 0.2) is 0 Å². The molecule has 0 aromatic carbocycles. The van der Waals surface area contributed by atoms with Crippen LogP contribution in [0.5, 0.6) is 0 Å². The first-order valence-corrected chi connectivity index (χ1v) is 8.31. The van der Waals surface area contributed by atoms with Gasteiger partial charge in [-0.15, -0.1) is 22.2 Å². The second kappa shape index (κ2) is 14.3. The third kappa shape index (κ3) is 16.9. The van der Waals surface area contributed by atoms with E-state index in [0.717, 1.165) is 0 Å². The molecule has 2 rings (SSSR count). The van der Waals surface area contributed by atoms with Gasteiger partial charge in [0.25, 0.3) is 0 Å². The summed E-state index contributed by atoms with van der Waals surface area (Å²) >= 11 is 0. The Morgan fingerprint density at radius 3 is 0.720 bits per heavy atom. The first kappa shape index (κ1) is 38.0. The summed E-state index contributed by atoms with van der Waals surface area (Å²) < 4.78 is 0. The van der Waals surface area contributed by atoms with Crippen molar-refractivity contribution in [3.05, 3.63) is 10.6 Å². The molecule has 0 aromatic heterocycles. The third-order valence-electron chi connectivity index (χ3n) is 4.36. The van der Waals surface area contributed by atoms with Crippen molar-refractivity contribution in [2.75, 3.05) is 0 Å². The van der Waals surface area contributed by atoms with Crippen LogP contribution >= 0.6 is 0 Å². The minimum atomic E-state index is 0. The summed E-state index contributed by atoms with van der Waals surface area (Å²) in [5.41, 5.74) is 0.951. The summed E-state index contributed by atoms with van der Waals surface area (Å²) in [6.45, 7) is 17.8. The first-order chi connectivity index (χ1) is 8.83. The van der Waals surface area contributed by atoms with Crippen molar-refractivity contribution in [1.82, 2.24) is 0 Å². The summed E-state index contributed by atoms with van der Waals surface area (Å²) in [7, 11) is 0. The molecule has 0 aromatic rings. The van der Waals surface area contributed by atoms with Gasteiger partial charge < -0.3 is 35.4 Å². The van der Waals surface area contributed by atoms with Gasteiger partial charge in [-0.2, -0.15) is 0 Å². The maximum atomic E-state index is 4.75. The number of nitrogens with zero attached hydrogens (tertiary/aromatic N) is 2. The topological polar surface area (TPSA) is 28.2 Å². The molecule has 2 heterocycles. The first-order valence-electron chi connectivity index (χ1n) is 8.31. The molecule has 25 heavy (non-hydrogen) atoms. The van der Waals surface area contributed by atoms with Crippen LogP contribution < -0.4 is 62.5 Å². The molecule has 7 heteroatoms. The van der Waals surface area contributed by atoms with Gasteiger partial charge in [-0.05, 0) is 0 Å². The third-order valence-corrected chi connectivity index (χ3v) is 4.36. The largest absolute Gasteiger partial charge is 2.00 e. The molecule has 0 spiro atoms. The molecule has 0 saturated carbocycles. The van der Waals surface area contributed by atoms with Crippen LogP contribution in [-0.4, -0.2) is 22.2 Å². The van der Waals surface area contributed by atoms with E-state index in [9.17, 15) is 0 Å². The average Bonchev–Trinajstić information content (AvgIpc) is 2.09. The van der Waals surface area contributed by atoms with E-state index in [2.05, 4.69) is 55.4 Å². The number of halogens is 2. The normalized spacial score (nSPS) is 24.0. The Balaban J connectivity index is -0.0000000889. The van der Waals surface area contributed by atoms with Crippen LogP contribution in [0, 0.1) is 0 Å². The summed E-state index contributed by atoms with van der Waals surface area (Å²) in [6, 6.07) is 0. The molecular formula is C18H36Cl2Li2N2Zn. The Morgan fingerprint density at radius 2 is 0.640 bits per heavy atom. The Hall–Kier alpha value is 2.32. The fourth-order valence-corrected chi connectivity index (χ4v) is 3.77. The number of rotatable bonds is 0. The van der Waals surface area contributed by atoms with E-state index in [4.69, 9.17) is 10.6 Å². The smallest absolute Gasteiger partial charge is 1.00 e. The molecule has 136 valence electrons. The minimum Gasteiger partial charge on any atom is -1.00 e. The van der Waals surface area contributed by atoms with Crippen molar-refractivity contribution >= 4 is 0 Å². The molecule has 0 atom stereocenters. The summed E-state index contributed by atoms with van der Waals surface area (Å²) in [5, 5.41) is 9.49. The van der Waals surface area contributed by atoms with E-state index in [1.807, 2.05) is 0 Å². The standard InChI is InChI=1S/2C9H18N.2ClH.2Li.Zn/c2*1-8(2)6-5-7-9(3,4)10-8;;;;;/h2*5-7H2,1-4H3;2*1H;;;/q2*-1;;;2*+1;+2/p-2. The van der Waals surface area contributed by atoms with Gasteiger partial charge in [-0.1, -0.05) is 93.9 Å². The second-order valence-electron chi connectivity index (χ2n) is 9.18. The van der Waals surface area contributed by atoms with Crippen molar-refractivity contribution in [3.8, 4) is 0 Å². The van der Waals surface area contributed by atoms with Crippen molar-refractivity contribution in [1.29, 1.82) is 0 Å². The molecule has 2 nitrogen and oxygen atoms in total. The Morgan fingerprint density at radius 1 is 0.480 bits per heavy atom. The molecule has 2 aliphatic heterocycles. The van der Waals surface area contributed by atoms with E-state index in [0.29, 0.717) is 0 Å². The molecule has 0 bridgehead atoms. The van der Waals surface area contributed by atoms with Crippen molar-refractivity contribution in [2.24, 2.45) is 0 Å². The van der Waals surface area contributed by atoms with Gasteiger partial charge in [0.15, 0.2) is 0 Å². The zero-order valence-corrected chi connectivity index (χ0v) is 23.1.